The van der Waals surface area contributed by atoms with Crippen molar-refractivity contribution in [1.82, 2.24) is 24.8 Å². The Kier molecular flexibility index (Phi) is 8.31. The summed E-state index contributed by atoms with van der Waals surface area (Å²) < 4.78 is 45.7. The number of carbonyl (C=O) groups excluding carboxylic acids is 3. The van der Waals surface area contributed by atoms with Crippen LogP contribution in [-0.4, -0.2) is 43.0 Å². The van der Waals surface area contributed by atoms with E-state index in [1.54, 1.807) is 34.7 Å². The summed E-state index contributed by atoms with van der Waals surface area (Å²) in [6.45, 7) is 6.74. The van der Waals surface area contributed by atoms with Gasteiger partial charge in [0.2, 0.25) is 5.82 Å². The highest BCUT2D eigenvalue weighted by Gasteiger charge is 2.34. The number of anilines is 2. The van der Waals surface area contributed by atoms with E-state index in [0.717, 1.165) is 17.5 Å². The summed E-state index contributed by atoms with van der Waals surface area (Å²) in [5.41, 5.74) is -1.85. The van der Waals surface area contributed by atoms with Gasteiger partial charge in [-0.2, -0.15) is 13.2 Å². The van der Waals surface area contributed by atoms with Crippen molar-refractivity contribution in [1.29, 1.82) is 0 Å². The van der Waals surface area contributed by atoms with Crippen LogP contribution in [0.5, 0.6) is 0 Å². The first-order valence-electron chi connectivity index (χ1n) is 10.9. The van der Waals surface area contributed by atoms with Crippen LogP contribution < -0.4 is 16.0 Å². The molecule has 0 radical (unpaired) electrons. The summed E-state index contributed by atoms with van der Waals surface area (Å²) in [4.78, 5) is 49.2. The fourth-order valence-corrected chi connectivity index (χ4v) is 3.99. The molecule has 0 aliphatic rings. The minimum absolute atomic E-state index is 0.00767. The highest BCUT2D eigenvalue weighted by molar-refractivity contribution is 7.13. The van der Waals surface area contributed by atoms with Crippen LogP contribution in [0.2, 0.25) is 5.02 Å². The lowest BCUT2D eigenvalue weighted by atomic mass is 10.2. The first-order chi connectivity index (χ1) is 17.5. The van der Waals surface area contributed by atoms with Gasteiger partial charge in [-0.3, -0.25) is 14.9 Å². The number of hydrogen-bond acceptors (Lipinski definition) is 8. The van der Waals surface area contributed by atoms with Crippen LogP contribution in [-0.2, 0) is 18.0 Å². The number of rotatable bonds is 6. The van der Waals surface area contributed by atoms with Crippen molar-refractivity contribution in [2.24, 2.45) is 7.05 Å². The minimum Gasteiger partial charge on any atom is -0.444 e. The van der Waals surface area contributed by atoms with Crippen LogP contribution in [0.3, 0.4) is 0 Å². The van der Waals surface area contributed by atoms with Gasteiger partial charge in [0.05, 0.1) is 22.8 Å². The van der Waals surface area contributed by atoms with Crippen molar-refractivity contribution in [3.05, 3.63) is 51.0 Å². The largest absolute Gasteiger partial charge is 0.444 e. The maximum absolute atomic E-state index is 13.1. The standard InChI is InChI=1S/C22H23ClF3N7O4S/c1-10(29-18(35)16-30-15(9-33(16)5)32-20(36)37-21(2,3)4)19-28-8-13(38-19)17(34)31-14-6-11(22(24,25)26)12(23)7-27-14/h6-10H,1-5H3,(H,29,35)(H,32,36)(H,27,31,34). The fraction of sp³-hybridized carbons (Fsp3) is 0.364. The zero-order valence-corrected chi connectivity index (χ0v) is 22.3. The van der Waals surface area contributed by atoms with E-state index in [1.807, 2.05) is 0 Å². The van der Waals surface area contributed by atoms with Crippen molar-refractivity contribution >= 4 is 52.5 Å². The first kappa shape index (κ1) is 28.8. The molecular formula is C22H23ClF3N7O4S. The smallest absolute Gasteiger partial charge is 0.418 e. The van der Waals surface area contributed by atoms with E-state index < -0.39 is 46.3 Å². The highest BCUT2D eigenvalue weighted by Crippen LogP contribution is 2.35. The molecule has 0 bridgehead atoms. The molecule has 3 heterocycles. The average Bonchev–Trinajstić information content (AvgIpc) is 3.40. The van der Waals surface area contributed by atoms with Gasteiger partial charge in [0.15, 0.2) is 5.82 Å². The van der Waals surface area contributed by atoms with Crippen molar-refractivity contribution in [3.63, 3.8) is 0 Å². The second-order valence-electron chi connectivity index (χ2n) is 8.95. The summed E-state index contributed by atoms with van der Waals surface area (Å²) in [5, 5.41) is 7.16. The average molecular weight is 574 g/mol. The number of aromatic nitrogens is 4. The molecule has 0 saturated carbocycles. The van der Waals surface area contributed by atoms with Gasteiger partial charge in [0.1, 0.15) is 21.3 Å². The monoisotopic (exact) mass is 573 g/mol. The molecule has 0 aromatic carbocycles. The number of alkyl halides is 3. The Morgan fingerprint density at radius 3 is 2.39 bits per heavy atom. The topological polar surface area (TPSA) is 140 Å². The molecule has 0 saturated heterocycles. The van der Waals surface area contributed by atoms with Gasteiger partial charge in [0, 0.05) is 19.4 Å². The van der Waals surface area contributed by atoms with Gasteiger partial charge >= 0.3 is 12.3 Å². The molecule has 1 atom stereocenters. The molecule has 0 aliphatic carbocycles. The Morgan fingerprint density at radius 1 is 1.08 bits per heavy atom. The van der Waals surface area contributed by atoms with Gasteiger partial charge in [-0.05, 0) is 33.8 Å². The highest BCUT2D eigenvalue weighted by atomic mass is 35.5. The number of nitrogens with zero attached hydrogens (tertiary/aromatic N) is 4. The van der Waals surface area contributed by atoms with E-state index in [1.165, 1.54) is 17.0 Å². The van der Waals surface area contributed by atoms with E-state index in [0.29, 0.717) is 11.1 Å². The van der Waals surface area contributed by atoms with Crippen molar-refractivity contribution in [2.75, 3.05) is 10.6 Å². The van der Waals surface area contributed by atoms with Crippen LogP contribution >= 0.6 is 22.9 Å². The molecule has 11 nitrogen and oxygen atoms in total. The first-order valence-corrected chi connectivity index (χ1v) is 12.1. The Balaban J connectivity index is 1.64. The van der Waals surface area contributed by atoms with Gasteiger partial charge < -0.3 is 19.9 Å². The predicted octanol–water partition coefficient (Wildman–Crippen LogP) is 5.03. The minimum atomic E-state index is -4.72. The number of ether oxygens (including phenoxy) is 1. The maximum Gasteiger partial charge on any atom is 0.418 e. The quantitative estimate of drug-likeness (QED) is 0.375. The van der Waals surface area contributed by atoms with Crippen LogP contribution in [0.15, 0.2) is 24.7 Å². The van der Waals surface area contributed by atoms with Gasteiger partial charge in [0.25, 0.3) is 11.8 Å². The molecule has 3 N–H and O–H groups in total. The molecule has 3 rings (SSSR count). The Labute approximate surface area is 223 Å². The second-order valence-corrected chi connectivity index (χ2v) is 10.4. The molecule has 38 heavy (non-hydrogen) atoms. The number of nitrogens with one attached hydrogen (secondary N) is 3. The molecular weight excluding hydrogens is 551 g/mol. The molecule has 16 heteroatoms. The molecule has 0 spiro atoms. The number of carbonyl (C=O) groups is 3. The van der Waals surface area contributed by atoms with Crippen molar-refractivity contribution in [3.8, 4) is 0 Å². The summed E-state index contributed by atoms with van der Waals surface area (Å²) >= 11 is 6.47. The van der Waals surface area contributed by atoms with E-state index in [2.05, 4.69) is 30.9 Å². The van der Waals surface area contributed by atoms with E-state index in [9.17, 15) is 27.6 Å². The van der Waals surface area contributed by atoms with Crippen LogP contribution in [0, 0.1) is 0 Å². The zero-order chi connectivity index (χ0) is 28.4. The van der Waals surface area contributed by atoms with E-state index in [4.69, 9.17) is 16.3 Å². The normalized spacial score (nSPS) is 12.6. The third-order valence-electron chi connectivity index (χ3n) is 4.58. The summed E-state index contributed by atoms with van der Waals surface area (Å²) in [6.07, 6.45) is -1.99. The zero-order valence-electron chi connectivity index (χ0n) is 20.7. The number of pyridine rings is 1. The number of thiazole rings is 1. The summed E-state index contributed by atoms with van der Waals surface area (Å²) in [5.74, 6) is -1.56. The molecule has 204 valence electrons. The number of aryl methyl sites for hydroxylation is 1. The lowest BCUT2D eigenvalue weighted by Crippen LogP contribution is -2.29. The predicted molar refractivity (Wildman–Crippen MR) is 133 cm³/mol. The number of imidazole rings is 1. The fourth-order valence-electron chi connectivity index (χ4n) is 2.96. The molecule has 3 amide bonds. The van der Waals surface area contributed by atoms with Crippen molar-refractivity contribution in [2.45, 2.75) is 45.5 Å². The third-order valence-corrected chi connectivity index (χ3v) is 6.06. The summed E-state index contributed by atoms with van der Waals surface area (Å²) in [6, 6.07) is -0.0254. The maximum atomic E-state index is 13.1. The van der Waals surface area contributed by atoms with Crippen molar-refractivity contribution < 1.29 is 32.3 Å². The van der Waals surface area contributed by atoms with Crippen LogP contribution in [0.1, 0.15) is 64.6 Å². The van der Waals surface area contributed by atoms with Crippen LogP contribution in [0.4, 0.5) is 29.6 Å². The molecule has 0 aliphatic heterocycles. The summed E-state index contributed by atoms with van der Waals surface area (Å²) in [7, 11) is 1.56. The van der Waals surface area contributed by atoms with Gasteiger partial charge in [-0.1, -0.05) is 11.6 Å². The lowest BCUT2D eigenvalue weighted by Gasteiger charge is -2.19. The Bertz CT molecular complexity index is 1370. The lowest BCUT2D eigenvalue weighted by molar-refractivity contribution is -0.137. The molecule has 3 aromatic heterocycles. The molecule has 0 fully saturated rings. The molecule has 1 unspecified atom stereocenters. The van der Waals surface area contributed by atoms with Gasteiger partial charge in [-0.25, -0.2) is 19.7 Å². The van der Waals surface area contributed by atoms with Crippen LogP contribution in [0.25, 0.3) is 0 Å². The van der Waals surface area contributed by atoms with E-state index in [-0.39, 0.29) is 22.3 Å². The Hall–Kier alpha value is -3.72. The number of halogens is 4. The second kappa shape index (κ2) is 10.9. The van der Waals surface area contributed by atoms with E-state index >= 15 is 0 Å². The SMILES string of the molecule is CC(NC(=O)c1nc(NC(=O)OC(C)(C)C)cn1C)c1ncc(C(=O)Nc2cc(C(F)(F)F)c(Cl)cn2)s1. The number of hydrogen-bond donors (Lipinski definition) is 3. The third kappa shape index (κ3) is 7.41. The Morgan fingerprint density at radius 2 is 1.76 bits per heavy atom. The number of amides is 3. The molecule has 3 aromatic rings. The van der Waals surface area contributed by atoms with Gasteiger partial charge in [-0.15, -0.1) is 11.3 Å².